The zero-order valence-corrected chi connectivity index (χ0v) is 10.9. The Morgan fingerprint density at radius 2 is 1.85 bits per heavy atom. The fourth-order valence-corrected chi connectivity index (χ4v) is 2.05. The second kappa shape index (κ2) is 4.81. The summed E-state index contributed by atoms with van der Waals surface area (Å²) in [6, 6.07) is 11.9. The Morgan fingerprint density at radius 1 is 1.10 bits per heavy atom. The van der Waals surface area contributed by atoms with Crippen molar-refractivity contribution in [2.45, 2.75) is 13.3 Å². The first kappa shape index (κ1) is 12.4. The van der Waals surface area contributed by atoms with E-state index in [1.165, 1.54) is 0 Å². The lowest BCUT2D eigenvalue weighted by molar-refractivity contribution is -0.134. The molecule has 1 heterocycles. The molecule has 3 rings (SSSR count). The molecular formula is C16H12O4. The molecule has 0 amide bonds. The smallest absolute Gasteiger partial charge is 0.310 e. The summed E-state index contributed by atoms with van der Waals surface area (Å²) in [6.07, 6.45) is 0.282. The van der Waals surface area contributed by atoms with Gasteiger partial charge in [-0.15, -0.1) is 0 Å². The maximum Gasteiger partial charge on any atom is 0.310 e. The summed E-state index contributed by atoms with van der Waals surface area (Å²) in [7, 11) is 0. The number of benzene rings is 2. The van der Waals surface area contributed by atoms with Gasteiger partial charge in [-0.2, -0.15) is 0 Å². The quantitative estimate of drug-likeness (QED) is 0.406. The second-order valence-corrected chi connectivity index (χ2v) is 4.41. The van der Waals surface area contributed by atoms with Crippen molar-refractivity contribution in [1.82, 2.24) is 0 Å². The van der Waals surface area contributed by atoms with Gasteiger partial charge in [0.2, 0.25) is 5.43 Å². The summed E-state index contributed by atoms with van der Waals surface area (Å²) in [5.74, 6) is 0.0152. The number of ether oxygens (including phenoxy) is 1. The van der Waals surface area contributed by atoms with E-state index in [4.69, 9.17) is 9.15 Å². The van der Waals surface area contributed by atoms with E-state index in [1.54, 1.807) is 43.3 Å². The summed E-state index contributed by atoms with van der Waals surface area (Å²) in [6.45, 7) is 1.71. The molecule has 0 radical (unpaired) electrons. The van der Waals surface area contributed by atoms with Gasteiger partial charge in [0.05, 0.1) is 10.8 Å². The van der Waals surface area contributed by atoms with Crippen molar-refractivity contribution in [2.75, 3.05) is 0 Å². The van der Waals surface area contributed by atoms with Gasteiger partial charge < -0.3 is 9.15 Å². The highest BCUT2D eigenvalue weighted by molar-refractivity contribution is 5.90. The van der Waals surface area contributed by atoms with Crippen molar-refractivity contribution in [3.63, 3.8) is 0 Å². The molecular weight excluding hydrogens is 256 g/mol. The highest BCUT2D eigenvalue weighted by Gasteiger charge is 2.09. The van der Waals surface area contributed by atoms with E-state index in [9.17, 15) is 9.59 Å². The molecule has 0 atom stereocenters. The first-order valence-electron chi connectivity index (χ1n) is 6.35. The van der Waals surface area contributed by atoms with E-state index in [2.05, 4.69) is 0 Å². The van der Waals surface area contributed by atoms with Crippen molar-refractivity contribution >= 4 is 27.9 Å². The van der Waals surface area contributed by atoms with Gasteiger partial charge in [-0.3, -0.25) is 9.59 Å². The molecule has 1 aromatic heterocycles. The third kappa shape index (κ3) is 2.05. The van der Waals surface area contributed by atoms with Crippen LogP contribution in [0.15, 0.2) is 51.7 Å². The Bertz CT molecular complexity index is 861. The number of hydrogen-bond donors (Lipinski definition) is 0. The third-order valence-corrected chi connectivity index (χ3v) is 3.07. The molecule has 3 aromatic rings. The van der Waals surface area contributed by atoms with E-state index >= 15 is 0 Å². The molecule has 4 nitrogen and oxygen atoms in total. The largest absolute Gasteiger partial charge is 0.456 e. The number of para-hydroxylation sites is 1. The third-order valence-electron chi connectivity index (χ3n) is 3.07. The Kier molecular flexibility index (Phi) is 2.99. The Hall–Kier alpha value is -2.62. The van der Waals surface area contributed by atoms with Gasteiger partial charge in [0.1, 0.15) is 16.9 Å². The van der Waals surface area contributed by atoms with E-state index < -0.39 is 0 Å². The van der Waals surface area contributed by atoms with Crippen LogP contribution in [0.2, 0.25) is 0 Å². The number of hydrogen-bond acceptors (Lipinski definition) is 4. The molecule has 0 bridgehead atoms. The number of carbonyl (C=O) groups excluding carboxylic acids is 1. The van der Waals surface area contributed by atoms with Crippen molar-refractivity contribution in [1.29, 1.82) is 0 Å². The number of esters is 1. The topological polar surface area (TPSA) is 56.5 Å². The fourth-order valence-electron chi connectivity index (χ4n) is 2.05. The van der Waals surface area contributed by atoms with Crippen molar-refractivity contribution in [3.8, 4) is 5.75 Å². The molecule has 20 heavy (non-hydrogen) atoms. The lowest BCUT2D eigenvalue weighted by Crippen LogP contribution is -2.07. The Morgan fingerprint density at radius 3 is 2.65 bits per heavy atom. The summed E-state index contributed by atoms with van der Waals surface area (Å²) in [5, 5.41) is 0.920. The molecule has 2 aromatic carbocycles. The van der Waals surface area contributed by atoms with Crippen LogP contribution in [-0.4, -0.2) is 5.97 Å². The molecule has 0 spiro atoms. The van der Waals surface area contributed by atoms with Crippen molar-refractivity contribution in [3.05, 3.63) is 52.7 Å². The van der Waals surface area contributed by atoms with Crippen LogP contribution in [0.1, 0.15) is 13.3 Å². The number of carbonyl (C=O) groups is 1. The van der Waals surface area contributed by atoms with E-state index in [0.29, 0.717) is 27.7 Å². The first-order chi connectivity index (χ1) is 9.69. The molecule has 0 saturated heterocycles. The Labute approximate surface area is 114 Å². The number of fused-ring (bicyclic) bond motifs is 2. The minimum absolute atomic E-state index is 0.128. The van der Waals surface area contributed by atoms with Gasteiger partial charge in [0.15, 0.2) is 0 Å². The van der Waals surface area contributed by atoms with E-state index in [0.717, 1.165) is 0 Å². The van der Waals surface area contributed by atoms with Gasteiger partial charge in [-0.05, 0) is 30.3 Å². The molecule has 0 aliphatic carbocycles. The van der Waals surface area contributed by atoms with E-state index in [1.807, 2.05) is 6.07 Å². The molecule has 0 saturated carbocycles. The second-order valence-electron chi connectivity index (χ2n) is 4.41. The normalized spacial score (nSPS) is 10.8. The van der Waals surface area contributed by atoms with Crippen LogP contribution in [0.25, 0.3) is 21.9 Å². The van der Waals surface area contributed by atoms with Crippen LogP contribution < -0.4 is 10.2 Å². The van der Waals surface area contributed by atoms with Crippen molar-refractivity contribution in [2.24, 2.45) is 0 Å². The highest BCUT2D eigenvalue weighted by atomic mass is 16.5. The van der Waals surface area contributed by atoms with Gasteiger partial charge in [0.25, 0.3) is 0 Å². The SMILES string of the molecule is CCC(=O)Oc1ccc2oc3ccccc3c(=O)c2c1. The maximum absolute atomic E-state index is 12.4. The average Bonchev–Trinajstić information content (AvgIpc) is 2.48. The van der Waals surface area contributed by atoms with Gasteiger partial charge in [-0.1, -0.05) is 19.1 Å². The maximum atomic E-state index is 12.4. The highest BCUT2D eigenvalue weighted by Crippen LogP contribution is 2.22. The zero-order chi connectivity index (χ0) is 14.1. The van der Waals surface area contributed by atoms with Crippen LogP contribution in [0.3, 0.4) is 0 Å². The van der Waals surface area contributed by atoms with Crippen LogP contribution >= 0.6 is 0 Å². The predicted molar refractivity (Wildman–Crippen MR) is 75.9 cm³/mol. The standard InChI is InChI=1S/C16H12O4/c1-2-15(17)19-10-7-8-14-12(9-10)16(18)11-5-3-4-6-13(11)20-14/h3-9H,2H2,1H3. The van der Waals surface area contributed by atoms with Crippen LogP contribution in [-0.2, 0) is 4.79 Å². The summed E-state index contributed by atoms with van der Waals surface area (Å²) in [5.41, 5.74) is 0.893. The van der Waals surface area contributed by atoms with Gasteiger partial charge in [0, 0.05) is 6.42 Å². The van der Waals surface area contributed by atoms with Crippen LogP contribution in [0.5, 0.6) is 5.75 Å². The summed E-state index contributed by atoms with van der Waals surface area (Å²) < 4.78 is 10.8. The average molecular weight is 268 g/mol. The zero-order valence-electron chi connectivity index (χ0n) is 10.9. The molecule has 0 N–H and O–H groups in total. The lowest BCUT2D eigenvalue weighted by atomic mass is 10.1. The van der Waals surface area contributed by atoms with Gasteiger partial charge >= 0.3 is 5.97 Å². The minimum atomic E-state index is -0.338. The molecule has 0 aliphatic rings. The lowest BCUT2D eigenvalue weighted by Gasteiger charge is -2.05. The first-order valence-corrected chi connectivity index (χ1v) is 6.35. The van der Waals surface area contributed by atoms with Crippen LogP contribution in [0.4, 0.5) is 0 Å². The Balaban J connectivity index is 2.23. The molecule has 100 valence electrons. The van der Waals surface area contributed by atoms with Gasteiger partial charge in [-0.25, -0.2) is 0 Å². The van der Waals surface area contributed by atoms with Crippen molar-refractivity contribution < 1.29 is 13.9 Å². The summed E-state index contributed by atoms with van der Waals surface area (Å²) in [4.78, 5) is 23.7. The van der Waals surface area contributed by atoms with Crippen LogP contribution in [0, 0.1) is 0 Å². The summed E-state index contributed by atoms with van der Waals surface area (Å²) >= 11 is 0. The fraction of sp³-hybridized carbons (Fsp3) is 0.125. The molecule has 0 fully saturated rings. The number of rotatable bonds is 2. The van der Waals surface area contributed by atoms with E-state index in [-0.39, 0.29) is 17.8 Å². The predicted octanol–water partition coefficient (Wildman–Crippen LogP) is 3.26. The molecule has 0 aliphatic heterocycles. The minimum Gasteiger partial charge on any atom is -0.456 e. The monoisotopic (exact) mass is 268 g/mol. The molecule has 4 heteroatoms. The molecule has 0 unspecified atom stereocenters.